The summed E-state index contributed by atoms with van der Waals surface area (Å²) in [5.74, 6) is 0.691. The summed E-state index contributed by atoms with van der Waals surface area (Å²) < 4.78 is 33.8. The number of fused-ring (bicyclic) bond motifs is 1. The van der Waals surface area contributed by atoms with E-state index in [0.717, 1.165) is 17.5 Å². The molecule has 9 heteroatoms. The van der Waals surface area contributed by atoms with E-state index < -0.39 is 10.0 Å². The fourth-order valence-corrected chi connectivity index (χ4v) is 6.19. The Morgan fingerprint density at radius 3 is 2.74 bits per heavy atom. The van der Waals surface area contributed by atoms with Crippen molar-refractivity contribution in [2.24, 2.45) is 5.92 Å². The van der Waals surface area contributed by atoms with Crippen LogP contribution in [0.25, 0.3) is 10.2 Å². The van der Waals surface area contributed by atoms with Gasteiger partial charge in [0, 0.05) is 18.7 Å². The molecule has 1 N–H and O–H groups in total. The van der Waals surface area contributed by atoms with Gasteiger partial charge in [0.1, 0.15) is 11.3 Å². The molecule has 4 rings (SSSR count). The largest absolute Gasteiger partial charge is 0.492 e. The van der Waals surface area contributed by atoms with Crippen LogP contribution in [0, 0.1) is 5.92 Å². The molecule has 3 aromatic rings. The van der Waals surface area contributed by atoms with Crippen LogP contribution in [0.3, 0.4) is 0 Å². The number of ether oxygens (including phenoxy) is 1. The van der Waals surface area contributed by atoms with Crippen LogP contribution in [-0.2, 0) is 10.0 Å². The van der Waals surface area contributed by atoms with Crippen molar-refractivity contribution >= 4 is 42.6 Å². The van der Waals surface area contributed by atoms with Crippen molar-refractivity contribution in [2.75, 3.05) is 25.0 Å². The first-order valence-electron chi connectivity index (χ1n) is 10.3. The first-order chi connectivity index (χ1) is 14.9. The Hall–Kier alpha value is -2.49. The molecule has 0 aliphatic carbocycles. The number of rotatable bonds is 6. The number of aromatic nitrogens is 1. The highest BCUT2D eigenvalue weighted by Gasteiger charge is 2.28. The fourth-order valence-electron chi connectivity index (χ4n) is 3.71. The Bertz CT molecular complexity index is 1190. The third kappa shape index (κ3) is 4.58. The molecule has 2 heterocycles. The SMILES string of the molecule is CCOc1cccc2sc(NC(=O)c3ccc(S(=O)(=O)N4CCCC(C)C4)cc3)nc12. The molecule has 1 amide bonds. The van der Waals surface area contributed by atoms with E-state index in [1.807, 2.05) is 25.1 Å². The molecule has 1 atom stereocenters. The quantitative estimate of drug-likeness (QED) is 0.591. The standard InChI is InChI=1S/C22H25N3O4S2/c1-3-29-18-7-4-8-19-20(18)23-22(30-19)24-21(26)16-9-11-17(12-10-16)31(27,28)25-13-5-6-15(2)14-25/h4,7-12,15H,3,5-6,13-14H2,1-2H3,(H,23,24,26). The average molecular weight is 460 g/mol. The highest BCUT2D eigenvalue weighted by molar-refractivity contribution is 7.89. The molecule has 0 bridgehead atoms. The van der Waals surface area contributed by atoms with Crippen LogP contribution in [0.15, 0.2) is 47.4 Å². The van der Waals surface area contributed by atoms with Gasteiger partial charge in [0.25, 0.3) is 5.91 Å². The van der Waals surface area contributed by atoms with Crippen LogP contribution in [0.1, 0.15) is 37.0 Å². The maximum Gasteiger partial charge on any atom is 0.257 e. The van der Waals surface area contributed by atoms with E-state index in [1.54, 1.807) is 0 Å². The Labute approximate surface area is 186 Å². The lowest BCUT2D eigenvalue weighted by molar-refractivity contribution is 0.102. The van der Waals surface area contributed by atoms with Gasteiger partial charge in [-0.2, -0.15) is 4.31 Å². The minimum absolute atomic E-state index is 0.208. The first kappa shape index (κ1) is 21.7. The third-order valence-corrected chi connectivity index (χ3v) is 8.09. The molecule has 31 heavy (non-hydrogen) atoms. The van der Waals surface area contributed by atoms with Crippen molar-refractivity contribution in [1.29, 1.82) is 0 Å². The number of nitrogens with zero attached hydrogens (tertiary/aromatic N) is 2. The lowest BCUT2D eigenvalue weighted by atomic mass is 10.0. The number of sulfonamides is 1. The third-order valence-electron chi connectivity index (χ3n) is 5.28. The summed E-state index contributed by atoms with van der Waals surface area (Å²) in [6.45, 7) is 5.57. The van der Waals surface area contributed by atoms with Gasteiger partial charge < -0.3 is 4.74 Å². The highest BCUT2D eigenvalue weighted by Crippen LogP contribution is 2.32. The maximum atomic E-state index is 12.9. The molecule has 1 aliphatic heterocycles. The highest BCUT2D eigenvalue weighted by atomic mass is 32.2. The number of anilines is 1. The number of benzene rings is 2. The van der Waals surface area contributed by atoms with Crippen LogP contribution in [0.2, 0.25) is 0 Å². The molecule has 1 aliphatic rings. The van der Waals surface area contributed by atoms with E-state index >= 15 is 0 Å². The van der Waals surface area contributed by atoms with Crippen molar-refractivity contribution in [1.82, 2.24) is 9.29 Å². The lowest BCUT2D eigenvalue weighted by Crippen LogP contribution is -2.39. The van der Waals surface area contributed by atoms with Gasteiger partial charge in [-0.15, -0.1) is 0 Å². The van der Waals surface area contributed by atoms with Gasteiger partial charge in [-0.3, -0.25) is 10.1 Å². The van der Waals surface area contributed by atoms with Crippen LogP contribution < -0.4 is 10.1 Å². The Morgan fingerprint density at radius 2 is 2.03 bits per heavy atom. The minimum Gasteiger partial charge on any atom is -0.492 e. The molecule has 0 saturated carbocycles. The zero-order valence-electron chi connectivity index (χ0n) is 17.5. The molecule has 0 radical (unpaired) electrons. The Kier molecular flexibility index (Phi) is 6.27. The van der Waals surface area contributed by atoms with Crippen LogP contribution in [0.4, 0.5) is 5.13 Å². The summed E-state index contributed by atoms with van der Waals surface area (Å²) >= 11 is 1.36. The van der Waals surface area contributed by atoms with E-state index in [9.17, 15) is 13.2 Å². The number of hydrogen-bond acceptors (Lipinski definition) is 6. The zero-order valence-corrected chi connectivity index (χ0v) is 19.1. The average Bonchev–Trinajstić information content (AvgIpc) is 3.17. The Morgan fingerprint density at radius 1 is 1.26 bits per heavy atom. The van der Waals surface area contributed by atoms with Gasteiger partial charge in [0.15, 0.2) is 5.13 Å². The molecule has 1 saturated heterocycles. The maximum absolute atomic E-state index is 12.9. The van der Waals surface area contributed by atoms with Gasteiger partial charge in [0.2, 0.25) is 10.0 Å². The van der Waals surface area contributed by atoms with E-state index in [4.69, 9.17) is 4.74 Å². The molecule has 164 valence electrons. The normalized spacial score (nSPS) is 17.5. The van der Waals surface area contributed by atoms with E-state index in [-0.39, 0.29) is 10.8 Å². The van der Waals surface area contributed by atoms with Crippen LogP contribution >= 0.6 is 11.3 Å². The van der Waals surface area contributed by atoms with Crippen molar-refractivity contribution in [3.63, 3.8) is 0 Å². The van der Waals surface area contributed by atoms with Crippen molar-refractivity contribution in [2.45, 2.75) is 31.6 Å². The van der Waals surface area contributed by atoms with Gasteiger partial charge in [-0.1, -0.05) is 24.3 Å². The first-order valence-corrected chi connectivity index (χ1v) is 12.6. The number of para-hydroxylation sites is 1. The predicted molar refractivity (Wildman–Crippen MR) is 122 cm³/mol. The number of hydrogen-bond donors (Lipinski definition) is 1. The van der Waals surface area contributed by atoms with Gasteiger partial charge >= 0.3 is 0 Å². The molecule has 1 aromatic heterocycles. The molecular weight excluding hydrogens is 434 g/mol. The second kappa shape index (κ2) is 8.94. The van der Waals surface area contributed by atoms with Gasteiger partial charge in [-0.25, -0.2) is 13.4 Å². The van der Waals surface area contributed by atoms with E-state index in [1.165, 1.54) is 39.9 Å². The summed E-state index contributed by atoms with van der Waals surface area (Å²) in [5, 5.41) is 3.26. The lowest BCUT2D eigenvalue weighted by Gasteiger charge is -2.30. The molecule has 2 aromatic carbocycles. The monoisotopic (exact) mass is 459 g/mol. The smallest absolute Gasteiger partial charge is 0.257 e. The van der Waals surface area contributed by atoms with Crippen LogP contribution in [-0.4, -0.2) is 43.3 Å². The van der Waals surface area contributed by atoms with E-state index in [0.29, 0.717) is 47.6 Å². The number of thiazole rings is 1. The molecular formula is C22H25N3O4S2. The predicted octanol–water partition coefficient (Wildman–Crippen LogP) is 4.37. The number of carbonyl (C=O) groups is 1. The van der Waals surface area contributed by atoms with Gasteiger partial charge in [0.05, 0.1) is 16.2 Å². The molecule has 7 nitrogen and oxygen atoms in total. The van der Waals surface area contributed by atoms with E-state index in [2.05, 4.69) is 17.2 Å². The van der Waals surface area contributed by atoms with Gasteiger partial charge in [-0.05, 0) is 62.1 Å². The summed E-state index contributed by atoms with van der Waals surface area (Å²) in [7, 11) is -3.55. The molecule has 1 unspecified atom stereocenters. The number of amides is 1. The summed E-state index contributed by atoms with van der Waals surface area (Å²) in [5.41, 5.74) is 1.08. The zero-order chi connectivity index (χ0) is 22.0. The second-order valence-corrected chi connectivity index (χ2v) is 10.6. The minimum atomic E-state index is -3.55. The van der Waals surface area contributed by atoms with Crippen molar-refractivity contribution < 1.29 is 17.9 Å². The number of carbonyl (C=O) groups excluding carboxylic acids is 1. The summed E-state index contributed by atoms with van der Waals surface area (Å²) in [4.78, 5) is 17.4. The molecule has 1 fully saturated rings. The fraction of sp³-hybridized carbons (Fsp3) is 0.364. The second-order valence-electron chi connectivity index (χ2n) is 7.64. The summed E-state index contributed by atoms with van der Waals surface area (Å²) in [6, 6.07) is 11.7. The van der Waals surface area contributed by atoms with Crippen LogP contribution in [0.5, 0.6) is 5.75 Å². The topological polar surface area (TPSA) is 88.6 Å². The van der Waals surface area contributed by atoms with Crippen molar-refractivity contribution in [3.8, 4) is 5.75 Å². The summed E-state index contributed by atoms with van der Waals surface area (Å²) in [6.07, 6.45) is 1.91. The Balaban J connectivity index is 1.50. The number of piperidine rings is 1. The number of nitrogens with one attached hydrogen (secondary N) is 1. The molecule has 0 spiro atoms. The van der Waals surface area contributed by atoms with Crippen molar-refractivity contribution in [3.05, 3.63) is 48.0 Å².